The van der Waals surface area contributed by atoms with Gasteiger partial charge in [-0.1, -0.05) is 0 Å². The maximum atomic E-state index is 11.1. The summed E-state index contributed by atoms with van der Waals surface area (Å²) in [5.74, 6) is 0.739. The van der Waals surface area contributed by atoms with Gasteiger partial charge in [0.2, 0.25) is 0 Å². The summed E-state index contributed by atoms with van der Waals surface area (Å²) in [5, 5.41) is 13.7. The number of rotatable bonds is 2. The number of hydrogen-bond acceptors (Lipinski definition) is 5. The van der Waals surface area contributed by atoms with E-state index in [0.29, 0.717) is 31.7 Å². The van der Waals surface area contributed by atoms with Crippen LogP contribution in [0.2, 0.25) is 0 Å². The SMILES string of the molecule is N#Cc1ccc(N2CCN(S(N)(=O)=O)CC2)nc1. The molecule has 8 heteroatoms. The van der Waals surface area contributed by atoms with E-state index in [4.69, 9.17) is 10.4 Å². The Hall–Kier alpha value is -1.69. The van der Waals surface area contributed by atoms with Crippen molar-refractivity contribution in [2.75, 3.05) is 31.1 Å². The van der Waals surface area contributed by atoms with Crippen molar-refractivity contribution in [2.24, 2.45) is 5.14 Å². The minimum Gasteiger partial charge on any atom is -0.354 e. The first kappa shape index (κ1) is 12.8. The molecule has 7 nitrogen and oxygen atoms in total. The van der Waals surface area contributed by atoms with Crippen LogP contribution in [0.15, 0.2) is 18.3 Å². The Morgan fingerprint density at radius 3 is 2.39 bits per heavy atom. The lowest BCUT2D eigenvalue weighted by atomic mass is 10.3. The van der Waals surface area contributed by atoms with E-state index >= 15 is 0 Å². The maximum absolute atomic E-state index is 11.1. The first-order valence-corrected chi connectivity index (χ1v) is 6.90. The Morgan fingerprint density at radius 1 is 1.28 bits per heavy atom. The molecular formula is C10H13N5O2S. The molecule has 0 unspecified atom stereocenters. The number of nitrogens with two attached hydrogens (primary N) is 1. The van der Waals surface area contributed by atoms with Crippen LogP contribution in [-0.4, -0.2) is 43.9 Å². The molecule has 2 heterocycles. The van der Waals surface area contributed by atoms with Gasteiger partial charge in [0.25, 0.3) is 10.2 Å². The number of hydrogen-bond donors (Lipinski definition) is 1. The van der Waals surface area contributed by atoms with Crippen molar-refractivity contribution in [3.8, 4) is 6.07 Å². The van der Waals surface area contributed by atoms with E-state index in [1.807, 2.05) is 11.0 Å². The number of nitrogens with zero attached hydrogens (tertiary/aromatic N) is 4. The lowest BCUT2D eigenvalue weighted by Crippen LogP contribution is -2.50. The van der Waals surface area contributed by atoms with Crippen LogP contribution in [-0.2, 0) is 10.2 Å². The molecule has 2 rings (SSSR count). The van der Waals surface area contributed by atoms with Crippen molar-refractivity contribution >= 4 is 16.0 Å². The summed E-state index contributed by atoms with van der Waals surface area (Å²) < 4.78 is 23.5. The molecule has 2 N–H and O–H groups in total. The van der Waals surface area contributed by atoms with Crippen molar-refractivity contribution in [1.82, 2.24) is 9.29 Å². The molecule has 1 aromatic rings. The third-order valence-electron chi connectivity index (χ3n) is 2.80. The Morgan fingerprint density at radius 2 is 1.94 bits per heavy atom. The molecule has 0 bridgehead atoms. The normalized spacial score (nSPS) is 17.4. The average molecular weight is 267 g/mol. The molecule has 0 amide bonds. The van der Waals surface area contributed by atoms with Crippen LogP contribution in [0.4, 0.5) is 5.82 Å². The standard InChI is InChI=1S/C10H13N5O2S/c11-7-9-1-2-10(13-8-9)14-3-5-15(6-4-14)18(12,16)17/h1-2,8H,3-6H2,(H2,12,16,17). The molecular weight excluding hydrogens is 254 g/mol. The zero-order valence-corrected chi connectivity index (χ0v) is 10.5. The molecule has 18 heavy (non-hydrogen) atoms. The molecule has 0 aliphatic carbocycles. The van der Waals surface area contributed by atoms with Gasteiger partial charge in [0.05, 0.1) is 5.56 Å². The number of anilines is 1. The highest BCUT2D eigenvalue weighted by atomic mass is 32.2. The first-order chi connectivity index (χ1) is 8.50. The van der Waals surface area contributed by atoms with Gasteiger partial charge in [-0.05, 0) is 12.1 Å². The van der Waals surface area contributed by atoms with Gasteiger partial charge in [-0.25, -0.2) is 10.1 Å². The molecule has 0 saturated carbocycles. The van der Waals surface area contributed by atoms with Crippen LogP contribution < -0.4 is 10.0 Å². The maximum Gasteiger partial charge on any atom is 0.277 e. The zero-order valence-electron chi connectivity index (χ0n) is 9.65. The van der Waals surface area contributed by atoms with Gasteiger partial charge < -0.3 is 4.90 Å². The summed E-state index contributed by atoms with van der Waals surface area (Å²) in [7, 11) is -3.60. The largest absolute Gasteiger partial charge is 0.354 e. The second-order valence-corrected chi connectivity index (χ2v) is 5.49. The van der Waals surface area contributed by atoms with E-state index in [2.05, 4.69) is 4.98 Å². The summed E-state index contributed by atoms with van der Waals surface area (Å²) in [5.41, 5.74) is 0.502. The summed E-state index contributed by atoms with van der Waals surface area (Å²) in [4.78, 5) is 6.13. The van der Waals surface area contributed by atoms with E-state index in [0.717, 1.165) is 5.82 Å². The molecule has 0 atom stereocenters. The molecule has 1 saturated heterocycles. The Balaban J connectivity index is 2.03. The Kier molecular flexibility index (Phi) is 3.47. The Labute approximate surface area is 106 Å². The fraction of sp³-hybridized carbons (Fsp3) is 0.400. The van der Waals surface area contributed by atoms with Crippen LogP contribution in [0.3, 0.4) is 0 Å². The molecule has 1 aliphatic heterocycles. The molecule has 0 radical (unpaired) electrons. The monoisotopic (exact) mass is 267 g/mol. The third kappa shape index (κ3) is 2.76. The summed E-state index contributed by atoms with van der Waals surface area (Å²) in [6.07, 6.45) is 1.50. The molecule has 0 aromatic carbocycles. The van der Waals surface area contributed by atoms with Crippen molar-refractivity contribution in [3.63, 3.8) is 0 Å². The summed E-state index contributed by atoms with van der Waals surface area (Å²) >= 11 is 0. The van der Waals surface area contributed by atoms with Crippen molar-refractivity contribution < 1.29 is 8.42 Å². The minimum atomic E-state index is -3.60. The number of pyridine rings is 1. The fourth-order valence-electron chi connectivity index (χ4n) is 1.81. The molecule has 1 aliphatic rings. The average Bonchev–Trinajstić information content (AvgIpc) is 2.38. The van der Waals surface area contributed by atoms with Gasteiger partial charge in [0.1, 0.15) is 11.9 Å². The van der Waals surface area contributed by atoms with Gasteiger partial charge >= 0.3 is 0 Å². The highest BCUT2D eigenvalue weighted by molar-refractivity contribution is 7.86. The highest BCUT2D eigenvalue weighted by Gasteiger charge is 2.24. The molecule has 1 aromatic heterocycles. The summed E-state index contributed by atoms with van der Waals surface area (Å²) in [6.45, 7) is 1.77. The first-order valence-electron chi connectivity index (χ1n) is 5.39. The topological polar surface area (TPSA) is 103 Å². The van der Waals surface area contributed by atoms with Crippen LogP contribution in [0.5, 0.6) is 0 Å². The van der Waals surface area contributed by atoms with Crippen LogP contribution in [0.25, 0.3) is 0 Å². The number of aromatic nitrogens is 1. The zero-order chi connectivity index (χ0) is 13.2. The van der Waals surface area contributed by atoms with Gasteiger partial charge in [-0.3, -0.25) is 0 Å². The van der Waals surface area contributed by atoms with Crippen molar-refractivity contribution in [2.45, 2.75) is 0 Å². The van der Waals surface area contributed by atoms with Crippen LogP contribution in [0.1, 0.15) is 5.56 Å². The van der Waals surface area contributed by atoms with E-state index < -0.39 is 10.2 Å². The van der Waals surface area contributed by atoms with E-state index in [9.17, 15) is 8.42 Å². The van der Waals surface area contributed by atoms with Gasteiger partial charge in [-0.2, -0.15) is 18.0 Å². The smallest absolute Gasteiger partial charge is 0.277 e. The molecule has 0 spiro atoms. The molecule has 1 fully saturated rings. The second kappa shape index (κ2) is 4.89. The van der Waals surface area contributed by atoms with E-state index in [1.54, 1.807) is 12.1 Å². The lowest BCUT2D eigenvalue weighted by Gasteiger charge is -2.33. The number of nitriles is 1. The number of piperazine rings is 1. The van der Waals surface area contributed by atoms with Crippen LogP contribution in [0, 0.1) is 11.3 Å². The van der Waals surface area contributed by atoms with Gasteiger partial charge in [0, 0.05) is 32.4 Å². The van der Waals surface area contributed by atoms with Crippen LogP contribution >= 0.6 is 0 Å². The fourth-order valence-corrected chi connectivity index (χ4v) is 2.48. The molecule has 96 valence electrons. The predicted octanol–water partition coefficient (Wildman–Crippen LogP) is -0.721. The Bertz CT molecular complexity index is 555. The quantitative estimate of drug-likeness (QED) is 0.761. The summed E-state index contributed by atoms with van der Waals surface area (Å²) in [6, 6.07) is 5.44. The highest BCUT2D eigenvalue weighted by Crippen LogP contribution is 2.14. The predicted molar refractivity (Wildman–Crippen MR) is 65.8 cm³/mol. The second-order valence-electron chi connectivity index (χ2n) is 3.95. The lowest BCUT2D eigenvalue weighted by molar-refractivity contribution is 0.384. The third-order valence-corrected chi connectivity index (χ3v) is 3.88. The van der Waals surface area contributed by atoms with Gasteiger partial charge in [0.15, 0.2) is 0 Å². The van der Waals surface area contributed by atoms with Crippen molar-refractivity contribution in [3.05, 3.63) is 23.9 Å². The van der Waals surface area contributed by atoms with E-state index in [-0.39, 0.29) is 0 Å². The van der Waals surface area contributed by atoms with Gasteiger partial charge in [-0.15, -0.1) is 0 Å². The minimum absolute atomic E-state index is 0.348. The van der Waals surface area contributed by atoms with Crippen molar-refractivity contribution in [1.29, 1.82) is 5.26 Å². The van der Waals surface area contributed by atoms with E-state index in [1.165, 1.54) is 10.5 Å².